The molecule has 1 saturated carbocycles. The van der Waals surface area contributed by atoms with Gasteiger partial charge in [-0.15, -0.1) is 0 Å². The van der Waals surface area contributed by atoms with Crippen LogP contribution in [0.15, 0.2) is 47.3 Å². The van der Waals surface area contributed by atoms with Gasteiger partial charge < -0.3 is 51.0 Å². The van der Waals surface area contributed by atoms with Gasteiger partial charge in [0.05, 0.1) is 54.7 Å². The number of halogens is 1. The standard InChI is InChI=1S/C57H66FN9O13/c1-4-57(78)37-22-42-51-35(27-67(42)55(76)36(37)28-79-56(57)77)50-39(17-16-34-31(3)38(58)23-40(64-51)49(34)50)65-53(74)43(21-33-14-15-33)80-29-62-46(70)25-61-52(73)41(20-32-11-7-5-8-12-32)63-47(71)26-60-45(69)24-59-44(68)13-9-6-10-18-66-48(72)19-30(2)54(66)75/h5,7-8,11-12,22-23,30,33,39,41,43,78H,4,6,9-10,13-21,24-29H2,1-3H3,(H,59,68)(H,60,69)(H,61,73)(H,62,70)(H,63,71)(H,65,74)/t30?,39-,41-,43?,57-/m0/s1. The SMILES string of the molecule is CC[C@@]1(O)C(=O)OCc2c1cc1n(c2=O)Cc2c-1nc1cc(F)c(C)c3c1c2[C@@H](NC(=O)C(CC1CC1)OCNC(=O)CNC(=O)[C@H](Cc1ccccc1)NC(=O)CNC(=O)CNC(=O)CCCCCN1C(=O)CC(C)C1=O)CC3. The lowest BCUT2D eigenvalue weighted by atomic mass is 9.81. The van der Waals surface area contributed by atoms with Crippen molar-refractivity contribution in [1.82, 2.24) is 46.4 Å². The van der Waals surface area contributed by atoms with Gasteiger partial charge in [-0.25, -0.2) is 14.2 Å². The molecule has 2 aromatic carbocycles. The number of unbranched alkanes of at least 4 members (excludes halogenated alkanes) is 2. The van der Waals surface area contributed by atoms with Crippen LogP contribution >= 0.6 is 0 Å². The van der Waals surface area contributed by atoms with Gasteiger partial charge in [-0.05, 0) is 79.7 Å². The van der Waals surface area contributed by atoms with Crippen LogP contribution in [0.1, 0.15) is 123 Å². The number of nitrogens with zero attached hydrogens (tertiary/aromatic N) is 3. The number of carbonyl (C=O) groups is 9. The lowest BCUT2D eigenvalue weighted by Crippen LogP contribution is -2.52. The summed E-state index contributed by atoms with van der Waals surface area (Å²) in [6.45, 7) is 3.23. The normalized spacial score (nSPS) is 19.5. The highest BCUT2D eigenvalue weighted by atomic mass is 19.1. The molecule has 0 spiro atoms. The second kappa shape index (κ2) is 24.2. The average Bonchev–Trinajstić information content (AvgIpc) is 4.22. The van der Waals surface area contributed by atoms with Crippen LogP contribution in [-0.4, -0.2) is 118 Å². The number of imide groups is 1. The highest BCUT2D eigenvalue weighted by Gasteiger charge is 2.46. The second-order valence-electron chi connectivity index (χ2n) is 21.4. The molecule has 5 heterocycles. The molecule has 2 aliphatic carbocycles. The second-order valence-corrected chi connectivity index (χ2v) is 21.4. The van der Waals surface area contributed by atoms with Gasteiger partial charge in [-0.3, -0.25) is 48.1 Å². The number of hydrogen-bond acceptors (Lipinski definition) is 14. The van der Waals surface area contributed by atoms with Crippen molar-refractivity contribution in [2.75, 3.05) is 32.9 Å². The lowest BCUT2D eigenvalue weighted by molar-refractivity contribution is -0.172. The van der Waals surface area contributed by atoms with Crippen LogP contribution in [0, 0.1) is 24.6 Å². The Morgan fingerprint density at radius 2 is 1.60 bits per heavy atom. The number of pyridine rings is 2. The molecule has 5 aliphatic rings. The van der Waals surface area contributed by atoms with Gasteiger partial charge in [0.25, 0.3) is 5.56 Å². The van der Waals surface area contributed by atoms with Gasteiger partial charge in [-0.1, -0.05) is 63.4 Å². The fraction of sp³-hybridized carbons (Fsp3) is 0.491. The molecule has 2 aromatic heterocycles. The number of rotatable bonds is 24. The Hall–Kier alpha value is -7.92. The number of fused-ring (bicyclic) bond motifs is 5. The molecule has 9 rings (SSSR count). The van der Waals surface area contributed by atoms with Crippen molar-refractivity contribution in [3.05, 3.63) is 97.6 Å². The predicted octanol–water partition coefficient (Wildman–Crippen LogP) is 1.92. The van der Waals surface area contributed by atoms with Crippen LogP contribution < -0.4 is 37.5 Å². The predicted molar refractivity (Wildman–Crippen MR) is 284 cm³/mol. The zero-order valence-electron chi connectivity index (χ0n) is 44.9. The van der Waals surface area contributed by atoms with E-state index >= 15 is 4.39 Å². The van der Waals surface area contributed by atoms with Gasteiger partial charge in [0.15, 0.2) is 5.60 Å². The summed E-state index contributed by atoms with van der Waals surface area (Å²) in [7, 11) is 0. The molecule has 1 saturated heterocycles. The largest absolute Gasteiger partial charge is 0.458 e. The fourth-order valence-electron chi connectivity index (χ4n) is 11.1. The highest BCUT2D eigenvalue weighted by molar-refractivity contribution is 6.03. The molecular weight excluding hydrogens is 1040 g/mol. The molecule has 7 N–H and O–H groups in total. The molecule has 424 valence electrons. The van der Waals surface area contributed by atoms with E-state index in [1.165, 1.54) is 15.5 Å². The van der Waals surface area contributed by atoms with Gasteiger partial charge in [0.1, 0.15) is 31.3 Å². The number of aryl methyl sites for hydroxylation is 1. The number of hydrogen-bond donors (Lipinski definition) is 7. The molecule has 8 amide bonds. The number of likely N-dealkylation sites (tertiary alicyclic amines) is 1. The van der Waals surface area contributed by atoms with E-state index in [0.29, 0.717) is 89.6 Å². The van der Waals surface area contributed by atoms with Crippen LogP contribution in [0.5, 0.6) is 0 Å². The third-order valence-electron chi connectivity index (χ3n) is 15.8. The van der Waals surface area contributed by atoms with Gasteiger partial charge in [0, 0.05) is 54.3 Å². The molecule has 5 atom stereocenters. The minimum atomic E-state index is -2.06. The van der Waals surface area contributed by atoms with E-state index in [0.717, 1.165) is 18.4 Å². The quantitative estimate of drug-likeness (QED) is 0.0201. The number of esters is 1. The van der Waals surface area contributed by atoms with Gasteiger partial charge in [-0.2, -0.15) is 0 Å². The molecular formula is C57H66FN9O13. The first kappa shape index (κ1) is 56.8. The molecule has 2 unspecified atom stereocenters. The van der Waals surface area contributed by atoms with Gasteiger partial charge >= 0.3 is 5.97 Å². The third kappa shape index (κ3) is 12.3. The van der Waals surface area contributed by atoms with Crippen molar-refractivity contribution in [3.8, 4) is 11.4 Å². The van der Waals surface area contributed by atoms with Crippen LogP contribution in [0.4, 0.5) is 4.39 Å². The summed E-state index contributed by atoms with van der Waals surface area (Å²) in [5.41, 5.74) is 1.98. The number of aromatic nitrogens is 2. The highest BCUT2D eigenvalue weighted by Crippen LogP contribution is 2.46. The maximum absolute atomic E-state index is 15.5. The maximum Gasteiger partial charge on any atom is 0.343 e. The van der Waals surface area contributed by atoms with Crippen LogP contribution in [0.2, 0.25) is 0 Å². The first-order chi connectivity index (χ1) is 38.3. The Morgan fingerprint density at radius 1 is 0.875 bits per heavy atom. The van der Waals surface area contributed by atoms with E-state index in [-0.39, 0.29) is 79.5 Å². The molecule has 3 aliphatic heterocycles. The minimum Gasteiger partial charge on any atom is -0.458 e. The number of nitrogens with one attached hydrogen (secondary N) is 6. The summed E-state index contributed by atoms with van der Waals surface area (Å²) in [6.07, 6.45) is 3.85. The number of cyclic esters (lactones) is 1. The summed E-state index contributed by atoms with van der Waals surface area (Å²) in [5.74, 6) is -5.35. The smallest absolute Gasteiger partial charge is 0.343 e. The van der Waals surface area contributed by atoms with Crippen molar-refractivity contribution in [3.63, 3.8) is 0 Å². The zero-order chi connectivity index (χ0) is 57.0. The van der Waals surface area contributed by atoms with Gasteiger partial charge in [0.2, 0.25) is 47.3 Å². The molecule has 4 aromatic rings. The Morgan fingerprint density at radius 3 is 2.33 bits per heavy atom. The number of aliphatic hydroxyl groups is 1. The number of amides is 8. The summed E-state index contributed by atoms with van der Waals surface area (Å²) >= 11 is 0. The zero-order valence-corrected chi connectivity index (χ0v) is 44.9. The fourth-order valence-corrected chi connectivity index (χ4v) is 11.1. The van der Waals surface area contributed by atoms with Crippen LogP contribution in [-0.2, 0) is 84.2 Å². The minimum absolute atomic E-state index is 0.0416. The van der Waals surface area contributed by atoms with Crippen LogP contribution in [0.25, 0.3) is 22.3 Å². The van der Waals surface area contributed by atoms with E-state index in [1.54, 1.807) is 57.2 Å². The van der Waals surface area contributed by atoms with Crippen molar-refractivity contribution in [2.24, 2.45) is 11.8 Å². The van der Waals surface area contributed by atoms with E-state index in [9.17, 15) is 53.1 Å². The van der Waals surface area contributed by atoms with Crippen molar-refractivity contribution in [2.45, 2.75) is 135 Å². The van der Waals surface area contributed by atoms with Crippen molar-refractivity contribution < 1.29 is 62.1 Å². The van der Waals surface area contributed by atoms with E-state index in [1.807, 2.05) is 0 Å². The number of benzene rings is 2. The maximum atomic E-state index is 15.5. The Balaban J connectivity index is 0.779. The molecule has 0 bridgehead atoms. The summed E-state index contributed by atoms with van der Waals surface area (Å²) in [6, 6.07) is 9.94. The lowest BCUT2D eigenvalue weighted by Gasteiger charge is -2.31. The van der Waals surface area contributed by atoms with Crippen molar-refractivity contribution >= 4 is 64.1 Å². The first-order valence-electron chi connectivity index (χ1n) is 27.3. The van der Waals surface area contributed by atoms with E-state index < -0.39 is 97.0 Å². The molecule has 2 fully saturated rings. The summed E-state index contributed by atoms with van der Waals surface area (Å²) in [5, 5.41) is 27.9. The summed E-state index contributed by atoms with van der Waals surface area (Å²) in [4.78, 5) is 136. The molecule has 80 heavy (non-hydrogen) atoms. The van der Waals surface area contributed by atoms with E-state index in [4.69, 9.17) is 14.5 Å². The molecule has 22 nitrogen and oxygen atoms in total. The first-order valence-corrected chi connectivity index (χ1v) is 27.3. The van der Waals surface area contributed by atoms with Crippen molar-refractivity contribution in [1.29, 1.82) is 0 Å². The topological polar surface area (TPSA) is 303 Å². The van der Waals surface area contributed by atoms with E-state index in [2.05, 4.69) is 31.9 Å². The third-order valence-corrected chi connectivity index (χ3v) is 15.8. The Kier molecular flexibility index (Phi) is 17.2. The monoisotopic (exact) mass is 1100 g/mol. The number of ether oxygens (including phenoxy) is 2. The molecule has 23 heteroatoms. The Labute approximate surface area is 459 Å². The average molecular weight is 1100 g/mol. The Bertz CT molecular complexity index is 3240. The van der Waals surface area contributed by atoms with Crippen LogP contribution in [0.3, 0.4) is 0 Å². The molecule has 0 radical (unpaired) electrons. The summed E-state index contributed by atoms with van der Waals surface area (Å²) < 4.78 is 28.3. The number of carbonyl (C=O) groups excluding carboxylic acids is 9.